The first-order valence-corrected chi connectivity index (χ1v) is 6.70. The monoisotopic (exact) mass is 329 g/mol. The molecule has 0 spiro atoms. The summed E-state index contributed by atoms with van der Waals surface area (Å²) in [4.78, 5) is 22.0. The Bertz CT molecular complexity index is 450. The van der Waals surface area contributed by atoms with Crippen molar-refractivity contribution in [1.29, 1.82) is 0 Å². The molecule has 0 aliphatic rings. The number of carboxylic acids is 1. The average molecular weight is 330 g/mol. The molecule has 0 aliphatic carbocycles. The van der Waals surface area contributed by atoms with Gasteiger partial charge in [-0.15, -0.1) is 0 Å². The van der Waals surface area contributed by atoms with Gasteiger partial charge in [-0.25, -0.2) is 0 Å². The molecule has 19 heavy (non-hydrogen) atoms. The maximum Gasteiger partial charge on any atom is 0.303 e. The fourth-order valence-corrected chi connectivity index (χ4v) is 1.76. The smallest absolute Gasteiger partial charge is 0.303 e. The van der Waals surface area contributed by atoms with E-state index in [0.29, 0.717) is 18.7 Å². The van der Waals surface area contributed by atoms with E-state index in [0.717, 1.165) is 4.47 Å². The highest BCUT2D eigenvalue weighted by molar-refractivity contribution is 9.10. The Labute approximate surface area is 120 Å². The Kier molecular flexibility index (Phi) is 6.35. The zero-order valence-electron chi connectivity index (χ0n) is 10.6. The van der Waals surface area contributed by atoms with Gasteiger partial charge in [0.2, 0.25) is 0 Å². The van der Waals surface area contributed by atoms with Gasteiger partial charge in [0.25, 0.3) is 5.91 Å². The molecule has 0 saturated heterocycles. The van der Waals surface area contributed by atoms with Gasteiger partial charge in [0.05, 0.1) is 4.47 Å². The van der Waals surface area contributed by atoms with Crippen LogP contribution in [-0.4, -0.2) is 29.6 Å². The molecule has 6 heteroatoms. The first-order chi connectivity index (χ1) is 9.00. The molecule has 0 heterocycles. The van der Waals surface area contributed by atoms with Crippen molar-refractivity contribution in [3.63, 3.8) is 0 Å². The highest BCUT2D eigenvalue weighted by atomic mass is 79.9. The van der Waals surface area contributed by atoms with Crippen LogP contribution in [0, 0.1) is 0 Å². The zero-order valence-corrected chi connectivity index (χ0v) is 12.1. The average Bonchev–Trinajstić information content (AvgIpc) is 2.36. The van der Waals surface area contributed by atoms with Gasteiger partial charge in [0.1, 0.15) is 5.75 Å². The van der Waals surface area contributed by atoms with E-state index < -0.39 is 12.1 Å². The second-order valence-electron chi connectivity index (χ2n) is 3.98. The van der Waals surface area contributed by atoms with Crippen molar-refractivity contribution in [2.24, 2.45) is 0 Å². The number of rotatable bonds is 7. The van der Waals surface area contributed by atoms with Crippen LogP contribution in [0.2, 0.25) is 0 Å². The lowest BCUT2D eigenvalue weighted by Crippen LogP contribution is -2.37. The van der Waals surface area contributed by atoms with E-state index in [2.05, 4.69) is 21.2 Å². The number of aliphatic carboxylic acids is 1. The van der Waals surface area contributed by atoms with Crippen LogP contribution in [0.3, 0.4) is 0 Å². The Morgan fingerprint density at radius 2 is 2.11 bits per heavy atom. The molecule has 1 amide bonds. The summed E-state index contributed by atoms with van der Waals surface area (Å²) in [5, 5.41) is 11.1. The van der Waals surface area contributed by atoms with Crippen LogP contribution in [0.15, 0.2) is 28.7 Å². The molecular weight excluding hydrogens is 314 g/mol. The van der Waals surface area contributed by atoms with Gasteiger partial charge in [0, 0.05) is 13.0 Å². The molecule has 1 aromatic carbocycles. The van der Waals surface area contributed by atoms with Crippen molar-refractivity contribution in [3.05, 3.63) is 28.7 Å². The maximum absolute atomic E-state index is 11.7. The molecule has 0 bridgehead atoms. The summed E-state index contributed by atoms with van der Waals surface area (Å²) < 4.78 is 6.29. The van der Waals surface area contributed by atoms with Crippen LogP contribution in [0.25, 0.3) is 0 Å². The quantitative estimate of drug-likeness (QED) is 0.752. The molecule has 1 atom stereocenters. The summed E-state index contributed by atoms with van der Waals surface area (Å²) >= 11 is 3.33. The van der Waals surface area contributed by atoms with Crippen LogP contribution < -0.4 is 10.1 Å². The van der Waals surface area contributed by atoms with Crippen LogP contribution in [0.1, 0.15) is 19.8 Å². The lowest BCUT2D eigenvalue weighted by molar-refractivity contribution is -0.137. The largest absolute Gasteiger partial charge is 0.481 e. The molecule has 1 unspecified atom stereocenters. The van der Waals surface area contributed by atoms with E-state index in [9.17, 15) is 9.59 Å². The maximum atomic E-state index is 11.7. The van der Waals surface area contributed by atoms with Crippen molar-refractivity contribution < 1.29 is 19.4 Å². The summed E-state index contributed by atoms with van der Waals surface area (Å²) in [6.07, 6.45) is -0.189. The predicted molar refractivity (Wildman–Crippen MR) is 74.1 cm³/mol. The number of hydrogen-bond acceptors (Lipinski definition) is 3. The van der Waals surface area contributed by atoms with Crippen molar-refractivity contribution >= 4 is 27.8 Å². The zero-order chi connectivity index (χ0) is 14.3. The number of carbonyl (C=O) groups excluding carboxylic acids is 1. The minimum absolute atomic E-state index is 0.0414. The van der Waals surface area contributed by atoms with Crippen LogP contribution in [0.5, 0.6) is 5.75 Å². The standard InChI is InChI=1S/C13H16BrNO4/c1-9(13(18)15-8-4-7-12(16)17)19-11-6-3-2-5-10(11)14/h2-3,5-6,9H,4,7-8H2,1H3,(H,15,18)(H,16,17). The minimum Gasteiger partial charge on any atom is -0.481 e. The lowest BCUT2D eigenvalue weighted by atomic mass is 10.3. The van der Waals surface area contributed by atoms with E-state index in [4.69, 9.17) is 9.84 Å². The molecule has 104 valence electrons. The highest BCUT2D eigenvalue weighted by Crippen LogP contribution is 2.24. The molecule has 5 nitrogen and oxygen atoms in total. The number of carbonyl (C=O) groups is 2. The third kappa shape index (κ3) is 5.74. The van der Waals surface area contributed by atoms with E-state index in [1.54, 1.807) is 13.0 Å². The van der Waals surface area contributed by atoms with Gasteiger partial charge < -0.3 is 15.2 Å². The molecule has 0 aliphatic heterocycles. The molecular formula is C13H16BrNO4. The number of hydrogen-bond donors (Lipinski definition) is 2. The Morgan fingerprint density at radius 1 is 1.42 bits per heavy atom. The second-order valence-corrected chi connectivity index (χ2v) is 4.83. The van der Waals surface area contributed by atoms with Crippen LogP contribution in [-0.2, 0) is 9.59 Å². The number of halogens is 1. The van der Waals surface area contributed by atoms with E-state index in [-0.39, 0.29) is 12.3 Å². The van der Waals surface area contributed by atoms with Gasteiger partial charge in [-0.2, -0.15) is 0 Å². The highest BCUT2D eigenvalue weighted by Gasteiger charge is 2.15. The predicted octanol–water partition coefficient (Wildman–Crippen LogP) is 2.20. The van der Waals surface area contributed by atoms with Crippen molar-refractivity contribution in [3.8, 4) is 5.75 Å². The Morgan fingerprint density at radius 3 is 2.74 bits per heavy atom. The first-order valence-electron chi connectivity index (χ1n) is 5.91. The van der Waals surface area contributed by atoms with Crippen molar-refractivity contribution in [2.45, 2.75) is 25.9 Å². The van der Waals surface area contributed by atoms with Gasteiger partial charge in [0.15, 0.2) is 6.10 Å². The molecule has 0 saturated carbocycles. The van der Waals surface area contributed by atoms with Gasteiger partial charge in [-0.1, -0.05) is 12.1 Å². The molecule has 0 aromatic heterocycles. The summed E-state index contributed by atoms with van der Waals surface area (Å²) in [6.45, 7) is 1.97. The number of ether oxygens (including phenoxy) is 1. The van der Waals surface area contributed by atoms with Gasteiger partial charge in [-0.05, 0) is 41.4 Å². The fraction of sp³-hybridized carbons (Fsp3) is 0.385. The van der Waals surface area contributed by atoms with Crippen molar-refractivity contribution in [2.75, 3.05) is 6.54 Å². The summed E-state index contributed by atoms with van der Waals surface area (Å²) in [7, 11) is 0. The summed E-state index contributed by atoms with van der Waals surface area (Å²) in [5.74, 6) is -0.538. The summed E-state index contributed by atoms with van der Waals surface area (Å²) in [5.41, 5.74) is 0. The number of benzene rings is 1. The summed E-state index contributed by atoms with van der Waals surface area (Å²) in [6, 6.07) is 7.26. The third-order valence-corrected chi connectivity index (χ3v) is 3.03. The fourth-order valence-electron chi connectivity index (χ4n) is 1.38. The topological polar surface area (TPSA) is 75.6 Å². The number of amides is 1. The third-order valence-electron chi connectivity index (χ3n) is 2.38. The molecule has 1 aromatic rings. The molecule has 0 fully saturated rings. The lowest BCUT2D eigenvalue weighted by Gasteiger charge is -2.15. The first kappa shape index (κ1) is 15.5. The Hall–Kier alpha value is -1.56. The molecule has 1 rings (SSSR count). The van der Waals surface area contributed by atoms with Crippen LogP contribution in [0.4, 0.5) is 0 Å². The van der Waals surface area contributed by atoms with Crippen molar-refractivity contribution in [1.82, 2.24) is 5.32 Å². The number of para-hydroxylation sites is 1. The van der Waals surface area contributed by atoms with E-state index >= 15 is 0 Å². The second kappa shape index (κ2) is 7.78. The van der Waals surface area contributed by atoms with E-state index in [1.165, 1.54) is 0 Å². The SMILES string of the molecule is CC(Oc1ccccc1Br)C(=O)NCCCC(=O)O. The minimum atomic E-state index is -0.869. The molecule has 0 radical (unpaired) electrons. The van der Waals surface area contributed by atoms with Gasteiger partial charge >= 0.3 is 5.97 Å². The number of nitrogens with one attached hydrogen (secondary N) is 1. The number of carboxylic acid groups (broad SMARTS) is 1. The Balaban J connectivity index is 2.37. The van der Waals surface area contributed by atoms with Crippen LogP contribution >= 0.6 is 15.9 Å². The normalized spacial score (nSPS) is 11.7. The van der Waals surface area contributed by atoms with Gasteiger partial charge in [-0.3, -0.25) is 9.59 Å². The van der Waals surface area contributed by atoms with E-state index in [1.807, 2.05) is 18.2 Å². The molecule has 2 N–H and O–H groups in total.